The quantitative estimate of drug-likeness (QED) is 0.679. The molecule has 0 aromatic heterocycles. The van der Waals surface area contributed by atoms with Crippen molar-refractivity contribution in [2.75, 3.05) is 6.54 Å². The van der Waals surface area contributed by atoms with Gasteiger partial charge in [-0.2, -0.15) is 0 Å². The summed E-state index contributed by atoms with van der Waals surface area (Å²) in [7, 11) is 0. The molecule has 1 saturated carbocycles. The van der Waals surface area contributed by atoms with Gasteiger partial charge < -0.3 is 4.90 Å². The highest BCUT2D eigenvalue weighted by Crippen LogP contribution is 2.39. The molecule has 2 rings (SSSR count). The van der Waals surface area contributed by atoms with E-state index in [2.05, 4.69) is 27.8 Å². The van der Waals surface area contributed by atoms with Crippen LogP contribution >= 0.6 is 15.9 Å². The average Bonchev–Trinajstić information content (AvgIpc) is 2.29. The van der Waals surface area contributed by atoms with Crippen LogP contribution in [0.4, 0.5) is 0 Å². The van der Waals surface area contributed by atoms with E-state index in [1.54, 1.807) is 0 Å². The minimum Gasteiger partial charge on any atom is -0.338 e. The van der Waals surface area contributed by atoms with E-state index < -0.39 is 0 Å². The number of amides is 1. The van der Waals surface area contributed by atoms with E-state index in [9.17, 15) is 4.79 Å². The summed E-state index contributed by atoms with van der Waals surface area (Å²) >= 11 is 3.42. The maximum Gasteiger partial charge on any atom is 0.236 e. The lowest BCUT2D eigenvalue weighted by atomic mass is 9.72. The maximum absolute atomic E-state index is 12.1. The van der Waals surface area contributed by atoms with Crippen molar-refractivity contribution in [1.82, 2.24) is 4.90 Å². The molecular formula is C13H22BrNO. The molecule has 4 unspecified atom stereocenters. The first-order valence-corrected chi connectivity index (χ1v) is 7.47. The van der Waals surface area contributed by atoms with E-state index in [1.165, 1.54) is 32.1 Å². The van der Waals surface area contributed by atoms with Gasteiger partial charge in [0.15, 0.2) is 0 Å². The Morgan fingerprint density at radius 1 is 1.31 bits per heavy atom. The summed E-state index contributed by atoms with van der Waals surface area (Å²) in [6.45, 7) is 5.28. The monoisotopic (exact) mass is 287 g/mol. The number of halogens is 1. The molecule has 0 N–H and O–H groups in total. The summed E-state index contributed by atoms with van der Waals surface area (Å²) in [6, 6.07) is 0.532. The molecule has 2 nitrogen and oxygen atoms in total. The second-order valence-corrected chi connectivity index (χ2v) is 6.80. The molecule has 4 atom stereocenters. The van der Waals surface area contributed by atoms with Crippen molar-refractivity contribution in [3.8, 4) is 0 Å². The van der Waals surface area contributed by atoms with Crippen molar-refractivity contribution < 1.29 is 4.79 Å². The van der Waals surface area contributed by atoms with Crippen molar-refractivity contribution in [3.05, 3.63) is 0 Å². The van der Waals surface area contributed by atoms with Gasteiger partial charge in [-0.1, -0.05) is 35.7 Å². The zero-order valence-electron chi connectivity index (χ0n) is 10.3. The van der Waals surface area contributed by atoms with E-state index in [0.717, 1.165) is 18.4 Å². The van der Waals surface area contributed by atoms with Crippen LogP contribution in [-0.2, 0) is 4.79 Å². The maximum atomic E-state index is 12.1. The predicted octanol–water partition coefficient (Wildman–Crippen LogP) is 3.20. The number of piperidine rings is 1. The summed E-state index contributed by atoms with van der Waals surface area (Å²) in [4.78, 5) is 14.3. The summed E-state index contributed by atoms with van der Waals surface area (Å²) in [5.74, 6) is 1.86. The molecule has 1 amide bonds. The first kappa shape index (κ1) is 12.4. The zero-order valence-corrected chi connectivity index (χ0v) is 11.9. The van der Waals surface area contributed by atoms with E-state index >= 15 is 0 Å². The Bertz CT molecular complexity index is 267. The molecule has 16 heavy (non-hydrogen) atoms. The van der Waals surface area contributed by atoms with Crippen LogP contribution in [-0.4, -0.2) is 28.2 Å². The van der Waals surface area contributed by atoms with Gasteiger partial charge in [0.2, 0.25) is 5.91 Å². The molecular weight excluding hydrogens is 266 g/mol. The highest BCUT2D eigenvalue weighted by atomic mass is 79.9. The third-order valence-corrected chi connectivity index (χ3v) is 4.75. The Labute approximate surface area is 107 Å². The fourth-order valence-electron chi connectivity index (χ4n) is 3.42. The number of rotatable bonds is 1. The lowest BCUT2D eigenvalue weighted by Gasteiger charge is -2.47. The lowest BCUT2D eigenvalue weighted by molar-refractivity contribution is -0.137. The van der Waals surface area contributed by atoms with E-state index in [1.807, 2.05) is 6.92 Å². The molecule has 0 bridgehead atoms. The van der Waals surface area contributed by atoms with Gasteiger partial charge in [0.05, 0.1) is 4.83 Å². The van der Waals surface area contributed by atoms with Gasteiger partial charge in [0, 0.05) is 12.6 Å². The number of alkyl halides is 1. The highest BCUT2D eigenvalue weighted by molar-refractivity contribution is 9.10. The summed E-state index contributed by atoms with van der Waals surface area (Å²) in [6.07, 6.45) is 6.39. The van der Waals surface area contributed by atoms with Gasteiger partial charge in [-0.25, -0.2) is 0 Å². The molecule has 0 radical (unpaired) electrons. The van der Waals surface area contributed by atoms with Gasteiger partial charge in [-0.15, -0.1) is 0 Å². The third-order valence-electron chi connectivity index (χ3n) is 4.36. The molecule has 2 fully saturated rings. The predicted molar refractivity (Wildman–Crippen MR) is 69.6 cm³/mol. The van der Waals surface area contributed by atoms with Crippen molar-refractivity contribution in [2.24, 2.45) is 11.8 Å². The average molecular weight is 288 g/mol. The summed E-state index contributed by atoms with van der Waals surface area (Å²) in [5, 5.41) is 0. The van der Waals surface area contributed by atoms with Gasteiger partial charge in [0.1, 0.15) is 0 Å². The van der Waals surface area contributed by atoms with Crippen molar-refractivity contribution in [1.29, 1.82) is 0 Å². The smallest absolute Gasteiger partial charge is 0.236 e. The second-order valence-electron chi connectivity index (χ2n) is 5.43. The Kier molecular flexibility index (Phi) is 3.93. The number of carbonyl (C=O) groups excluding carboxylic acids is 1. The first-order valence-electron chi connectivity index (χ1n) is 6.56. The van der Waals surface area contributed by atoms with Crippen LogP contribution in [0.25, 0.3) is 0 Å². The molecule has 0 aromatic carbocycles. The Hall–Kier alpha value is -0.0500. The Morgan fingerprint density at radius 3 is 2.69 bits per heavy atom. The van der Waals surface area contributed by atoms with Gasteiger partial charge in [0.25, 0.3) is 0 Å². The Morgan fingerprint density at radius 2 is 2.00 bits per heavy atom. The van der Waals surface area contributed by atoms with Gasteiger partial charge in [-0.3, -0.25) is 4.79 Å². The molecule has 92 valence electrons. The molecule has 1 saturated heterocycles. The highest BCUT2D eigenvalue weighted by Gasteiger charge is 2.39. The summed E-state index contributed by atoms with van der Waals surface area (Å²) in [5.41, 5.74) is 0. The normalized spacial score (nSPS) is 36.7. The first-order chi connectivity index (χ1) is 7.61. The van der Waals surface area contributed by atoms with Crippen LogP contribution < -0.4 is 0 Å². The van der Waals surface area contributed by atoms with Crippen molar-refractivity contribution in [3.63, 3.8) is 0 Å². The van der Waals surface area contributed by atoms with Crippen LogP contribution in [0.15, 0.2) is 0 Å². The number of fused-ring (bicyclic) bond motifs is 1. The van der Waals surface area contributed by atoms with Crippen molar-refractivity contribution >= 4 is 21.8 Å². The van der Waals surface area contributed by atoms with E-state index in [0.29, 0.717) is 11.9 Å². The van der Waals surface area contributed by atoms with E-state index in [-0.39, 0.29) is 4.83 Å². The van der Waals surface area contributed by atoms with Gasteiger partial charge in [-0.05, 0) is 38.0 Å². The van der Waals surface area contributed by atoms with Crippen LogP contribution in [0.5, 0.6) is 0 Å². The van der Waals surface area contributed by atoms with E-state index in [4.69, 9.17) is 0 Å². The van der Waals surface area contributed by atoms with Crippen LogP contribution in [0, 0.1) is 11.8 Å². The minimum atomic E-state index is -0.0246. The second kappa shape index (κ2) is 5.07. The number of hydrogen-bond acceptors (Lipinski definition) is 1. The standard InChI is InChI=1S/C13H22BrNO/c1-9-7-8-15(13(16)10(2)14)12-6-4-3-5-11(9)12/h9-12H,3-8H2,1-2H3. The largest absolute Gasteiger partial charge is 0.338 e. The number of hydrogen-bond donors (Lipinski definition) is 0. The fourth-order valence-corrected chi connectivity index (χ4v) is 3.68. The molecule has 3 heteroatoms. The number of nitrogens with zero attached hydrogens (tertiary/aromatic N) is 1. The van der Waals surface area contributed by atoms with Crippen LogP contribution in [0.1, 0.15) is 46.0 Å². The molecule has 1 aliphatic carbocycles. The molecule has 1 aliphatic heterocycles. The molecule has 1 heterocycles. The zero-order chi connectivity index (χ0) is 11.7. The molecule has 0 aromatic rings. The number of likely N-dealkylation sites (tertiary alicyclic amines) is 1. The van der Waals surface area contributed by atoms with Crippen molar-refractivity contribution in [2.45, 2.75) is 56.8 Å². The Balaban J connectivity index is 2.11. The minimum absolute atomic E-state index is 0.0246. The topological polar surface area (TPSA) is 20.3 Å². The lowest BCUT2D eigenvalue weighted by Crippen LogP contribution is -2.53. The van der Waals surface area contributed by atoms with Crippen LogP contribution in [0.2, 0.25) is 0 Å². The number of carbonyl (C=O) groups is 1. The third kappa shape index (κ3) is 2.29. The SMILES string of the molecule is CC(Br)C(=O)N1CCC(C)C2CCCCC21. The molecule has 2 aliphatic rings. The fraction of sp³-hybridized carbons (Fsp3) is 0.923. The molecule has 0 spiro atoms. The van der Waals surface area contributed by atoms with Gasteiger partial charge >= 0.3 is 0 Å². The summed E-state index contributed by atoms with van der Waals surface area (Å²) < 4.78 is 0. The van der Waals surface area contributed by atoms with Crippen LogP contribution in [0.3, 0.4) is 0 Å².